The quantitative estimate of drug-likeness (QED) is 0.573. The molecule has 0 aliphatic rings. The molecule has 0 unspecified atom stereocenters. The first-order chi connectivity index (χ1) is 5.14. The van der Waals surface area contributed by atoms with Gasteiger partial charge in [0.05, 0.1) is 0 Å². The van der Waals surface area contributed by atoms with Gasteiger partial charge in [0.2, 0.25) is 0 Å². The Morgan fingerprint density at radius 3 is 1.67 bits per heavy atom. The summed E-state index contributed by atoms with van der Waals surface area (Å²) in [7, 11) is 3.19. The van der Waals surface area contributed by atoms with E-state index >= 15 is 0 Å². The molecule has 0 aromatic carbocycles. The molecule has 0 heterocycles. The molecule has 4 nitrogen and oxygen atoms in total. The van der Waals surface area contributed by atoms with E-state index in [9.17, 15) is 15.0 Å². The summed E-state index contributed by atoms with van der Waals surface area (Å²) >= 11 is 0. The predicted octanol–water partition coefficient (Wildman–Crippen LogP) is -0.404. The Morgan fingerprint density at radius 1 is 1.25 bits per heavy atom. The molecule has 0 aromatic heterocycles. The first-order valence-electron chi connectivity index (χ1n) is 3.77. The summed E-state index contributed by atoms with van der Waals surface area (Å²) in [6, 6.07) is 0. The fourth-order valence-electron chi connectivity index (χ4n) is 0.769. The average molecular weight is 175 g/mol. The minimum Gasteiger partial charge on any atom is -0.378 e. The molecule has 4 heteroatoms. The second kappa shape index (κ2) is 3.12. The van der Waals surface area contributed by atoms with Crippen LogP contribution in [0.25, 0.3) is 0 Å². The summed E-state index contributed by atoms with van der Waals surface area (Å²) in [6.45, 7) is 3.95. The molecule has 0 aliphatic carbocycles. The van der Waals surface area contributed by atoms with Crippen molar-refractivity contribution < 1.29 is 15.0 Å². The van der Waals surface area contributed by atoms with Gasteiger partial charge in [-0.3, -0.25) is 9.69 Å². The van der Waals surface area contributed by atoms with E-state index in [0.717, 1.165) is 0 Å². The van der Waals surface area contributed by atoms with Gasteiger partial charge in [-0.25, -0.2) is 0 Å². The van der Waals surface area contributed by atoms with E-state index < -0.39 is 17.1 Å². The van der Waals surface area contributed by atoms with Crippen LogP contribution in [0.3, 0.4) is 0 Å². The lowest BCUT2D eigenvalue weighted by Crippen LogP contribution is -2.62. The van der Waals surface area contributed by atoms with Crippen molar-refractivity contribution in [3.63, 3.8) is 0 Å². The van der Waals surface area contributed by atoms with Crippen LogP contribution < -0.4 is 0 Å². The van der Waals surface area contributed by atoms with Crippen LogP contribution >= 0.6 is 0 Å². The lowest BCUT2D eigenvalue weighted by molar-refractivity contribution is -0.201. The second-order valence-corrected chi connectivity index (χ2v) is 3.54. The minimum atomic E-state index is -1.74. The third kappa shape index (κ3) is 1.65. The van der Waals surface area contributed by atoms with Crippen LogP contribution in [0.15, 0.2) is 0 Å². The molecule has 0 aromatic rings. The fourth-order valence-corrected chi connectivity index (χ4v) is 0.769. The molecule has 0 saturated heterocycles. The third-order valence-electron chi connectivity index (χ3n) is 2.48. The summed E-state index contributed by atoms with van der Waals surface area (Å²) in [6.07, 6.45) is 0. The molecule has 0 radical (unpaired) electrons. The molecule has 2 atom stereocenters. The van der Waals surface area contributed by atoms with Gasteiger partial charge >= 0.3 is 0 Å². The van der Waals surface area contributed by atoms with Crippen LogP contribution in [0.4, 0.5) is 0 Å². The molecule has 0 saturated carbocycles. The summed E-state index contributed by atoms with van der Waals surface area (Å²) in [5, 5.41) is 19.4. The highest BCUT2D eigenvalue weighted by molar-refractivity contribution is 5.85. The Hall–Kier alpha value is -0.450. The molecule has 72 valence electrons. The standard InChI is InChI=1S/C8H17NO3/c1-6(10)7(2,11)8(3,12)9(4)5/h11-12H,1-5H3/t7-,8+/m0/s1. The molecule has 0 fully saturated rings. The van der Waals surface area contributed by atoms with Crippen LogP contribution in [0.5, 0.6) is 0 Å². The zero-order valence-electron chi connectivity index (χ0n) is 8.25. The van der Waals surface area contributed by atoms with Crippen molar-refractivity contribution >= 4 is 5.78 Å². The molecule has 0 rings (SSSR count). The summed E-state index contributed by atoms with van der Waals surface area (Å²) in [4.78, 5) is 12.4. The molecule has 0 aliphatic heterocycles. The number of hydrogen-bond acceptors (Lipinski definition) is 4. The number of ketones is 1. The minimum absolute atomic E-state index is 0.457. The molecule has 12 heavy (non-hydrogen) atoms. The first-order valence-corrected chi connectivity index (χ1v) is 3.77. The van der Waals surface area contributed by atoms with Crippen LogP contribution in [-0.4, -0.2) is 46.3 Å². The van der Waals surface area contributed by atoms with Crippen LogP contribution in [0, 0.1) is 0 Å². The van der Waals surface area contributed by atoms with Crippen molar-refractivity contribution in [3.8, 4) is 0 Å². The Bertz CT molecular complexity index is 185. The highest BCUT2D eigenvalue weighted by atomic mass is 16.4. The van der Waals surface area contributed by atoms with Gasteiger partial charge in [-0.2, -0.15) is 0 Å². The number of nitrogens with zero attached hydrogens (tertiary/aromatic N) is 1. The van der Waals surface area contributed by atoms with Crippen molar-refractivity contribution in [1.82, 2.24) is 4.90 Å². The second-order valence-electron chi connectivity index (χ2n) is 3.54. The average Bonchev–Trinajstić information content (AvgIpc) is 1.86. The van der Waals surface area contributed by atoms with E-state index in [1.807, 2.05) is 0 Å². The Balaban J connectivity index is 4.88. The number of rotatable bonds is 3. The molecule has 0 amide bonds. The van der Waals surface area contributed by atoms with Gasteiger partial charge in [0.25, 0.3) is 0 Å². The maximum absolute atomic E-state index is 11.0. The zero-order valence-corrected chi connectivity index (χ0v) is 8.25. The van der Waals surface area contributed by atoms with E-state index in [0.29, 0.717) is 0 Å². The van der Waals surface area contributed by atoms with Crippen LogP contribution in [-0.2, 0) is 4.79 Å². The smallest absolute Gasteiger partial charge is 0.165 e. The van der Waals surface area contributed by atoms with E-state index in [4.69, 9.17) is 0 Å². The molecule has 2 N–H and O–H groups in total. The topological polar surface area (TPSA) is 60.8 Å². The van der Waals surface area contributed by atoms with Gasteiger partial charge in [-0.15, -0.1) is 0 Å². The van der Waals surface area contributed by atoms with Crippen molar-refractivity contribution in [2.24, 2.45) is 0 Å². The normalized spacial score (nSPS) is 21.7. The molecular formula is C8H17NO3. The van der Waals surface area contributed by atoms with Gasteiger partial charge in [0.15, 0.2) is 17.1 Å². The predicted molar refractivity (Wildman–Crippen MR) is 45.6 cm³/mol. The largest absolute Gasteiger partial charge is 0.378 e. The summed E-state index contributed by atoms with van der Waals surface area (Å²) in [5.74, 6) is -0.457. The van der Waals surface area contributed by atoms with E-state index in [1.165, 1.54) is 25.7 Å². The van der Waals surface area contributed by atoms with Crippen molar-refractivity contribution in [2.45, 2.75) is 32.1 Å². The number of carbonyl (C=O) groups is 1. The highest BCUT2D eigenvalue weighted by Crippen LogP contribution is 2.24. The van der Waals surface area contributed by atoms with E-state index in [2.05, 4.69) is 0 Å². The molecular weight excluding hydrogens is 158 g/mol. The van der Waals surface area contributed by atoms with Gasteiger partial charge < -0.3 is 10.2 Å². The van der Waals surface area contributed by atoms with Gasteiger partial charge in [0.1, 0.15) is 0 Å². The number of carbonyl (C=O) groups excluding carboxylic acids is 1. The highest BCUT2D eigenvalue weighted by Gasteiger charge is 2.47. The lowest BCUT2D eigenvalue weighted by Gasteiger charge is -2.41. The van der Waals surface area contributed by atoms with Gasteiger partial charge in [0, 0.05) is 0 Å². The monoisotopic (exact) mass is 175 g/mol. The maximum atomic E-state index is 11.0. The first kappa shape index (κ1) is 11.6. The summed E-state index contributed by atoms with van der Waals surface area (Å²) < 4.78 is 0. The van der Waals surface area contributed by atoms with E-state index in [-0.39, 0.29) is 0 Å². The Kier molecular flexibility index (Phi) is 3.01. The van der Waals surface area contributed by atoms with Crippen molar-refractivity contribution in [2.75, 3.05) is 14.1 Å². The third-order valence-corrected chi connectivity index (χ3v) is 2.48. The maximum Gasteiger partial charge on any atom is 0.165 e. The van der Waals surface area contributed by atoms with E-state index in [1.54, 1.807) is 14.1 Å². The molecule has 0 bridgehead atoms. The molecule has 0 spiro atoms. The van der Waals surface area contributed by atoms with Crippen LogP contribution in [0.2, 0.25) is 0 Å². The van der Waals surface area contributed by atoms with Crippen molar-refractivity contribution in [3.05, 3.63) is 0 Å². The number of likely N-dealkylation sites (N-methyl/N-ethyl adjacent to an activating group) is 1. The Labute approximate surface area is 72.8 Å². The summed E-state index contributed by atoms with van der Waals surface area (Å²) in [5.41, 5.74) is -3.28. The fraction of sp³-hybridized carbons (Fsp3) is 0.875. The SMILES string of the molecule is CC(=O)[C@](C)(O)[C@@](C)(O)N(C)C. The van der Waals surface area contributed by atoms with Crippen LogP contribution in [0.1, 0.15) is 20.8 Å². The number of Topliss-reactive ketones (excluding diaryl/α,β-unsaturated/α-hetero) is 1. The van der Waals surface area contributed by atoms with Crippen molar-refractivity contribution in [1.29, 1.82) is 0 Å². The number of hydrogen-bond donors (Lipinski definition) is 2. The zero-order chi connectivity index (χ0) is 10.2. The van der Waals surface area contributed by atoms with Gasteiger partial charge in [-0.1, -0.05) is 0 Å². The Morgan fingerprint density at radius 2 is 1.58 bits per heavy atom. The number of aliphatic hydroxyl groups is 2. The van der Waals surface area contributed by atoms with Gasteiger partial charge in [-0.05, 0) is 34.9 Å². The lowest BCUT2D eigenvalue weighted by atomic mass is 9.89.